The summed E-state index contributed by atoms with van der Waals surface area (Å²) in [6.07, 6.45) is 0.312. The van der Waals surface area contributed by atoms with Crippen LogP contribution < -0.4 is 10.3 Å². The molecule has 0 aliphatic heterocycles. The molecule has 2 rings (SSSR count). The Bertz CT molecular complexity index is 672. The lowest BCUT2D eigenvalue weighted by atomic mass is 10.1. The highest BCUT2D eigenvalue weighted by Crippen LogP contribution is 2.17. The molecule has 0 amide bonds. The van der Waals surface area contributed by atoms with Gasteiger partial charge in [-0.2, -0.15) is 0 Å². The molecule has 0 saturated carbocycles. The van der Waals surface area contributed by atoms with Gasteiger partial charge in [0.1, 0.15) is 18.2 Å². The number of H-pyrrole nitrogens is 1. The molecule has 2 aromatic rings. The van der Waals surface area contributed by atoms with E-state index in [4.69, 9.17) is 9.84 Å². The van der Waals surface area contributed by atoms with Gasteiger partial charge in [0.25, 0.3) is 5.56 Å². The Labute approximate surface area is 123 Å². The van der Waals surface area contributed by atoms with Crippen LogP contribution in [0.15, 0.2) is 23.0 Å². The number of hydrogen-bond acceptors (Lipinski definition) is 4. The molecule has 1 aromatic heterocycles. The number of aliphatic hydroxyl groups is 1. The van der Waals surface area contributed by atoms with Gasteiger partial charge in [0.2, 0.25) is 0 Å². The van der Waals surface area contributed by atoms with Crippen LogP contribution in [0.4, 0.5) is 0 Å². The summed E-state index contributed by atoms with van der Waals surface area (Å²) in [7, 11) is 0. The average molecular weight is 288 g/mol. The molecule has 0 fully saturated rings. The van der Waals surface area contributed by atoms with E-state index in [0.717, 1.165) is 16.9 Å². The molecular formula is C16H20N2O3. The first-order valence-electron chi connectivity index (χ1n) is 6.90. The second-order valence-electron chi connectivity index (χ2n) is 5.16. The number of hydrogen-bond donors (Lipinski definition) is 2. The first-order chi connectivity index (χ1) is 9.99. The van der Waals surface area contributed by atoms with Gasteiger partial charge in [0.05, 0.1) is 0 Å². The largest absolute Gasteiger partial charge is 0.486 e. The second kappa shape index (κ2) is 6.54. The standard InChI is InChI=1S/C16H20N2O3/c1-10-6-11(2)8-13(7-10)21-9-15-17-12(3)14(4-5-19)16(20)18-15/h6-8,19H,4-5,9H2,1-3H3,(H,17,18,20). The average Bonchev–Trinajstić information content (AvgIpc) is 2.39. The van der Waals surface area contributed by atoms with Crippen LogP contribution in [0.2, 0.25) is 0 Å². The lowest BCUT2D eigenvalue weighted by Gasteiger charge is -2.09. The Morgan fingerprint density at radius 1 is 1.19 bits per heavy atom. The van der Waals surface area contributed by atoms with Gasteiger partial charge in [0.15, 0.2) is 0 Å². The van der Waals surface area contributed by atoms with Crippen LogP contribution in [0.3, 0.4) is 0 Å². The second-order valence-corrected chi connectivity index (χ2v) is 5.16. The maximum atomic E-state index is 11.9. The Morgan fingerprint density at radius 3 is 2.43 bits per heavy atom. The number of aromatic nitrogens is 2. The molecule has 2 N–H and O–H groups in total. The Hall–Kier alpha value is -2.14. The fraction of sp³-hybridized carbons (Fsp3) is 0.375. The molecule has 5 heteroatoms. The predicted octanol–water partition coefficient (Wildman–Crippen LogP) is 1.81. The Kier molecular flexibility index (Phi) is 4.75. The number of nitrogens with one attached hydrogen (secondary N) is 1. The highest BCUT2D eigenvalue weighted by atomic mass is 16.5. The highest BCUT2D eigenvalue weighted by Gasteiger charge is 2.08. The van der Waals surface area contributed by atoms with Gasteiger partial charge in [0, 0.05) is 24.3 Å². The van der Waals surface area contributed by atoms with Gasteiger partial charge >= 0.3 is 0 Å². The van der Waals surface area contributed by atoms with E-state index in [9.17, 15) is 4.79 Å². The maximum absolute atomic E-state index is 11.9. The molecule has 0 unspecified atom stereocenters. The monoisotopic (exact) mass is 288 g/mol. The molecule has 0 aliphatic carbocycles. The molecule has 21 heavy (non-hydrogen) atoms. The van der Waals surface area contributed by atoms with E-state index < -0.39 is 0 Å². The summed E-state index contributed by atoms with van der Waals surface area (Å²) in [6.45, 7) is 5.92. The number of nitrogens with zero attached hydrogens (tertiary/aromatic N) is 1. The van der Waals surface area contributed by atoms with Crippen molar-refractivity contribution in [3.05, 3.63) is 56.8 Å². The number of aryl methyl sites for hydroxylation is 3. The van der Waals surface area contributed by atoms with Gasteiger partial charge < -0.3 is 14.8 Å². The summed E-state index contributed by atoms with van der Waals surface area (Å²) < 4.78 is 5.68. The third kappa shape index (κ3) is 3.92. The molecule has 112 valence electrons. The van der Waals surface area contributed by atoms with Gasteiger partial charge in [-0.05, 0) is 44.0 Å². The maximum Gasteiger partial charge on any atom is 0.254 e. The molecule has 0 saturated heterocycles. The van der Waals surface area contributed by atoms with Crippen LogP contribution in [-0.4, -0.2) is 21.7 Å². The van der Waals surface area contributed by atoms with Crippen LogP contribution in [0, 0.1) is 20.8 Å². The number of aliphatic hydroxyl groups excluding tert-OH is 1. The highest BCUT2D eigenvalue weighted by molar-refractivity contribution is 5.33. The number of benzene rings is 1. The SMILES string of the molecule is Cc1cc(C)cc(OCc2nc(C)c(CCO)c(=O)[nH]2)c1. The smallest absolute Gasteiger partial charge is 0.254 e. The first kappa shape index (κ1) is 15.3. The van der Waals surface area contributed by atoms with Crippen molar-refractivity contribution in [3.8, 4) is 5.75 Å². The number of ether oxygens (including phenoxy) is 1. The van der Waals surface area contributed by atoms with Crippen LogP contribution in [0.1, 0.15) is 28.2 Å². The molecule has 0 spiro atoms. The first-order valence-corrected chi connectivity index (χ1v) is 6.90. The summed E-state index contributed by atoms with van der Waals surface area (Å²) >= 11 is 0. The van der Waals surface area contributed by atoms with E-state index in [1.807, 2.05) is 26.0 Å². The molecule has 1 heterocycles. The predicted molar refractivity (Wildman–Crippen MR) is 80.6 cm³/mol. The normalized spacial score (nSPS) is 10.7. The summed E-state index contributed by atoms with van der Waals surface area (Å²) in [4.78, 5) is 18.9. The summed E-state index contributed by atoms with van der Waals surface area (Å²) in [5.41, 5.74) is 3.19. The zero-order chi connectivity index (χ0) is 15.4. The van der Waals surface area contributed by atoms with Gasteiger partial charge in [-0.1, -0.05) is 6.07 Å². The fourth-order valence-electron chi connectivity index (χ4n) is 2.31. The van der Waals surface area contributed by atoms with E-state index in [0.29, 0.717) is 23.5 Å². The van der Waals surface area contributed by atoms with E-state index in [1.165, 1.54) is 0 Å². The molecule has 0 atom stereocenters. The molecule has 0 bridgehead atoms. The fourth-order valence-corrected chi connectivity index (χ4v) is 2.31. The van der Waals surface area contributed by atoms with Crippen molar-refractivity contribution in [3.63, 3.8) is 0 Å². The van der Waals surface area contributed by atoms with Crippen LogP contribution in [0.5, 0.6) is 5.75 Å². The summed E-state index contributed by atoms with van der Waals surface area (Å²) in [6, 6.07) is 5.96. The molecule has 1 aromatic carbocycles. The van der Waals surface area contributed by atoms with Crippen LogP contribution >= 0.6 is 0 Å². The quantitative estimate of drug-likeness (QED) is 0.880. The van der Waals surface area contributed by atoms with Gasteiger partial charge in [-0.15, -0.1) is 0 Å². The minimum absolute atomic E-state index is 0.0655. The van der Waals surface area contributed by atoms with Crippen molar-refractivity contribution < 1.29 is 9.84 Å². The number of aromatic amines is 1. The van der Waals surface area contributed by atoms with Crippen molar-refractivity contribution in [2.24, 2.45) is 0 Å². The van der Waals surface area contributed by atoms with E-state index in [-0.39, 0.29) is 18.8 Å². The molecular weight excluding hydrogens is 268 g/mol. The minimum Gasteiger partial charge on any atom is -0.486 e. The summed E-state index contributed by atoms with van der Waals surface area (Å²) in [5.74, 6) is 1.24. The Morgan fingerprint density at radius 2 is 1.86 bits per heavy atom. The zero-order valence-electron chi connectivity index (χ0n) is 12.6. The third-order valence-corrected chi connectivity index (χ3v) is 3.20. The van der Waals surface area contributed by atoms with E-state index in [1.54, 1.807) is 6.92 Å². The van der Waals surface area contributed by atoms with Crippen molar-refractivity contribution >= 4 is 0 Å². The van der Waals surface area contributed by atoms with Crippen molar-refractivity contribution in [2.45, 2.75) is 33.8 Å². The van der Waals surface area contributed by atoms with Crippen molar-refractivity contribution in [2.75, 3.05) is 6.61 Å². The van der Waals surface area contributed by atoms with Crippen LogP contribution in [-0.2, 0) is 13.0 Å². The van der Waals surface area contributed by atoms with E-state index >= 15 is 0 Å². The Balaban J connectivity index is 2.15. The van der Waals surface area contributed by atoms with Gasteiger partial charge in [-0.3, -0.25) is 4.79 Å². The molecule has 5 nitrogen and oxygen atoms in total. The van der Waals surface area contributed by atoms with Gasteiger partial charge in [-0.25, -0.2) is 4.98 Å². The topological polar surface area (TPSA) is 75.2 Å². The van der Waals surface area contributed by atoms with E-state index in [2.05, 4.69) is 16.0 Å². The van der Waals surface area contributed by atoms with Crippen molar-refractivity contribution in [1.82, 2.24) is 9.97 Å². The van der Waals surface area contributed by atoms with Crippen LogP contribution in [0.25, 0.3) is 0 Å². The molecule has 0 aliphatic rings. The number of rotatable bonds is 5. The summed E-state index contributed by atoms with van der Waals surface area (Å²) in [5, 5.41) is 8.94. The third-order valence-electron chi connectivity index (χ3n) is 3.20. The minimum atomic E-state index is -0.212. The zero-order valence-corrected chi connectivity index (χ0v) is 12.6. The lowest BCUT2D eigenvalue weighted by Crippen LogP contribution is -2.20. The molecule has 0 radical (unpaired) electrons. The van der Waals surface area contributed by atoms with Crippen molar-refractivity contribution in [1.29, 1.82) is 0 Å². The lowest BCUT2D eigenvalue weighted by molar-refractivity contribution is 0.292.